The van der Waals surface area contributed by atoms with Crippen LogP contribution in [0.15, 0.2) is 42.5 Å². The molecule has 148 valence electrons. The van der Waals surface area contributed by atoms with Gasteiger partial charge in [-0.3, -0.25) is 4.79 Å². The molecule has 5 heteroatoms. The van der Waals surface area contributed by atoms with Crippen LogP contribution < -0.4 is 15.0 Å². The fourth-order valence-electron chi connectivity index (χ4n) is 4.26. The van der Waals surface area contributed by atoms with Crippen molar-refractivity contribution in [2.45, 2.75) is 38.8 Å². The molecule has 2 heterocycles. The van der Waals surface area contributed by atoms with E-state index in [1.54, 1.807) is 4.90 Å². The number of quaternary nitrogens is 1. The molecule has 2 N–H and O–H groups in total. The van der Waals surface area contributed by atoms with Crippen LogP contribution in [-0.2, 0) is 24.3 Å². The zero-order valence-electron chi connectivity index (χ0n) is 16.2. The molecule has 2 aromatic rings. The molecule has 1 fully saturated rings. The van der Waals surface area contributed by atoms with Crippen LogP contribution in [-0.4, -0.2) is 25.6 Å². The lowest BCUT2D eigenvalue weighted by Crippen LogP contribution is -3.11. The minimum absolute atomic E-state index is 0.0470. The Bertz CT molecular complexity index is 833. The summed E-state index contributed by atoms with van der Waals surface area (Å²) in [6, 6.07) is 14.1. The minimum Gasteiger partial charge on any atom is -0.492 e. The van der Waals surface area contributed by atoms with Crippen molar-refractivity contribution >= 4 is 17.5 Å². The first kappa shape index (κ1) is 19.3. The third kappa shape index (κ3) is 4.68. The molecule has 1 amide bonds. The Morgan fingerprint density at radius 1 is 1.11 bits per heavy atom. The number of carbonyl (C=O) groups excluding carboxylic acids is 1. The molecule has 2 aliphatic rings. The Kier molecular flexibility index (Phi) is 6.18. The fourth-order valence-corrected chi connectivity index (χ4v) is 4.45. The van der Waals surface area contributed by atoms with Crippen LogP contribution >= 0.6 is 11.6 Å². The summed E-state index contributed by atoms with van der Waals surface area (Å²) in [5, 5.41) is 3.81. The van der Waals surface area contributed by atoms with Gasteiger partial charge in [0, 0.05) is 17.1 Å². The second-order valence-electron chi connectivity index (χ2n) is 7.94. The normalized spacial score (nSPS) is 19.5. The zero-order valence-corrected chi connectivity index (χ0v) is 16.9. The maximum Gasteiger partial charge on any atom is 0.227 e. The van der Waals surface area contributed by atoms with E-state index in [1.807, 2.05) is 18.2 Å². The van der Waals surface area contributed by atoms with Gasteiger partial charge < -0.3 is 15.0 Å². The number of carbonyl (C=O) groups is 1. The van der Waals surface area contributed by atoms with Crippen LogP contribution in [0.3, 0.4) is 0 Å². The maximum atomic E-state index is 12.7. The molecular weight excluding hydrogens is 372 g/mol. The number of likely N-dealkylation sites (tertiary alicyclic amines) is 1. The molecule has 0 aromatic heterocycles. The summed E-state index contributed by atoms with van der Waals surface area (Å²) in [5.41, 5.74) is 3.57. The Morgan fingerprint density at radius 2 is 1.89 bits per heavy atom. The average molecular weight is 400 g/mol. The second kappa shape index (κ2) is 8.97. The van der Waals surface area contributed by atoms with E-state index < -0.39 is 0 Å². The third-order valence-corrected chi connectivity index (χ3v) is 6.11. The lowest BCUT2D eigenvalue weighted by atomic mass is 9.96. The Labute approximate surface area is 171 Å². The van der Waals surface area contributed by atoms with Crippen molar-refractivity contribution in [3.05, 3.63) is 64.2 Å². The summed E-state index contributed by atoms with van der Waals surface area (Å²) in [5.74, 6) is 0.708. The molecule has 1 saturated heterocycles. The van der Waals surface area contributed by atoms with Crippen LogP contribution in [0.5, 0.6) is 5.75 Å². The number of amides is 1. The predicted octanol–water partition coefficient (Wildman–Crippen LogP) is 2.78. The van der Waals surface area contributed by atoms with Crippen LogP contribution in [0.25, 0.3) is 0 Å². The van der Waals surface area contributed by atoms with Crippen molar-refractivity contribution < 1.29 is 14.4 Å². The van der Waals surface area contributed by atoms with Crippen molar-refractivity contribution in [3.63, 3.8) is 0 Å². The van der Waals surface area contributed by atoms with Crippen molar-refractivity contribution in [1.82, 2.24) is 5.32 Å². The minimum atomic E-state index is -0.175. The van der Waals surface area contributed by atoms with Crippen molar-refractivity contribution in [2.75, 3.05) is 19.7 Å². The first-order valence-corrected chi connectivity index (χ1v) is 10.7. The highest BCUT2D eigenvalue weighted by Gasteiger charge is 2.26. The van der Waals surface area contributed by atoms with Gasteiger partial charge in [0.2, 0.25) is 5.91 Å². The summed E-state index contributed by atoms with van der Waals surface area (Å²) in [7, 11) is 0. The number of rotatable bonds is 5. The van der Waals surface area contributed by atoms with Crippen molar-refractivity contribution in [3.8, 4) is 5.75 Å². The molecule has 1 atom stereocenters. The van der Waals surface area contributed by atoms with E-state index in [-0.39, 0.29) is 11.8 Å². The van der Waals surface area contributed by atoms with E-state index in [9.17, 15) is 4.79 Å². The fraction of sp³-hybridized carbons (Fsp3) is 0.435. The van der Waals surface area contributed by atoms with E-state index in [1.165, 1.54) is 43.5 Å². The lowest BCUT2D eigenvalue weighted by molar-refractivity contribution is -0.918. The smallest absolute Gasteiger partial charge is 0.227 e. The van der Waals surface area contributed by atoms with E-state index in [4.69, 9.17) is 16.3 Å². The van der Waals surface area contributed by atoms with E-state index in [0.717, 1.165) is 17.9 Å². The van der Waals surface area contributed by atoms with Crippen LogP contribution in [0.1, 0.15) is 36.0 Å². The first-order chi connectivity index (χ1) is 13.7. The molecule has 0 radical (unpaired) electrons. The summed E-state index contributed by atoms with van der Waals surface area (Å²) < 4.78 is 5.77. The Hall–Kier alpha value is -2.04. The highest BCUT2D eigenvalue weighted by atomic mass is 35.5. The quantitative estimate of drug-likeness (QED) is 0.811. The highest BCUT2D eigenvalue weighted by Crippen LogP contribution is 2.29. The van der Waals surface area contributed by atoms with Gasteiger partial charge in [-0.1, -0.05) is 35.9 Å². The van der Waals surface area contributed by atoms with Gasteiger partial charge in [0.15, 0.2) is 0 Å². The number of halogens is 1. The van der Waals surface area contributed by atoms with Crippen molar-refractivity contribution in [1.29, 1.82) is 0 Å². The van der Waals surface area contributed by atoms with Gasteiger partial charge >= 0.3 is 0 Å². The monoisotopic (exact) mass is 399 g/mol. The molecule has 0 spiro atoms. The largest absolute Gasteiger partial charge is 0.492 e. The molecule has 0 aliphatic carbocycles. The zero-order chi connectivity index (χ0) is 19.3. The highest BCUT2D eigenvalue weighted by molar-refractivity contribution is 6.30. The number of piperidine rings is 1. The number of hydrogen-bond donors (Lipinski definition) is 2. The summed E-state index contributed by atoms with van der Waals surface area (Å²) >= 11 is 6.08. The van der Waals surface area contributed by atoms with Gasteiger partial charge in [-0.15, -0.1) is 0 Å². The molecule has 0 bridgehead atoms. The van der Waals surface area contributed by atoms with E-state index >= 15 is 0 Å². The molecule has 4 rings (SSSR count). The molecule has 0 saturated carbocycles. The molecular formula is C23H28ClN2O2+. The number of ether oxygens (including phenoxy) is 1. The number of fused-ring (bicyclic) bond motifs is 1. The molecule has 28 heavy (non-hydrogen) atoms. The van der Waals surface area contributed by atoms with Gasteiger partial charge in [0.05, 0.1) is 19.0 Å². The van der Waals surface area contributed by atoms with Crippen LogP contribution in [0, 0.1) is 5.92 Å². The Morgan fingerprint density at radius 3 is 2.71 bits per heavy atom. The standard InChI is InChI=1S/C23H27ClN2O2/c24-21-8-9-22-19(13-21)12-20(16-28-22)23(27)25-14-17-6-2-3-7-18(17)15-26-10-4-1-5-11-26/h2-3,6-9,13,20H,1,4-5,10-12,14-16H2,(H,25,27)/p+1/t20-/m0/s1. The van der Waals surface area contributed by atoms with Gasteiger partial charge in [-0.25, -0.2) is 0 Å². The van der Waals surface area contributed by atoms with Crippen LogP contribution in [0.4, 0.5) is 0 Å². The SMILES string of the molecule is O=C(NCc1ccccc1C[NH+]1CCCCC1)[C@@H]1COc2ccc(Cl)cc2C1. The average Bonchev–Trinajstić information content (AvgIpc) is 2.73. The third-order valence-electron chi connectivity index (χ3n) is 5.87. The number of nitrogens with one attached hydrogen (secondary N) is 2. The Balaban J connectivity index is 1.36. The van der Waals surface area contributed by atoms with Gasteiger partial charge in [-0.05, 0) is 55.0 Å². The maximum absolute atomic E-state index is 12.7. The molecule has 4 nitrogen and oxygen atoms in total. The van der Waals surface area contributed by atoms with Crippen LogP contribution in [0.2, 0.25) is 5.02 Å². The predicted molar refractivity (Wildman–Crippen MR) is 111 cm³/mol. The number of benzene rings is 2. The first-order valence-electron chi connectivity index (χ1n) is 10.3. The number of hydrogen-bond acceptors (Lipinski definition) is 2. The topological polar surface area (TPSA) is 42.8 Å². The van der Waals surface area contributed by atoms with E-state index in [2.05, 4.69) is 29.6 Å². The molecule has 0 unspecified atom stereocenters. The van der Waals surface area contributed by atoms with Gasteiger partial charge in [-0.2, -0.15) is 0 Å². The summed E-state index contributed by atoms with van der Waals surface area (Å²) in [4.78, 5) is 14.4. The summed E-state index contributed by atoms with van der Waals surface area (Å²) in [6.07, 6.45) is 4.67. The lowest BCUT2D eigenvalue weighted by Gasteiger charge is -2.26. The van der Waals surface area contributed by atoms with Gasteiger partial charge in [0.1, 0.15) is 18.9 Å². The van der Waals surface area contributed by atoms with E-state index in [0.29, 0.717) is 24.6 Å². The summed E-state index contributed by atoms with van der Waals surface area (Å²) in [6.45, 7) is 4.54. The second-order valence-corrected chi connectivity index (χ2v) is 8.37. The molecule has 2 aromatic carbocycles. The van der Waals surface area contributed by atoms with Crippen molar-refractivity contribution in [2.24, 2.45) is 5.92 Å². The molecule has 2 aliphatic heterocycles. The van der Waals surface area contributed by atoms with Gasteiger partial charge in [0.25, 0.3) is 0 Å².